The third-order valence-corrected chi connectivity index (χ3v) is 4.51. The molecule has 2 aromatic rings. The van der Waals surface area contributed by atoms with E-state index in [0.717, 1.165) is 5.56 Å². The van der Waals surface area contributed by atoms with Crippen LogP contribution in [-0.4, -0.2) is 24.8 Å². The normalized spacial score (nSPS) is 12.0. The molecule has 0 atom stereocenters. The molecule has 0 saturated carbocycles. The van der Waals surface area contributed by atoms with Crippen LogP contribution >= 0.6 is 0 Å². The first kappa shape index (κ1) is 18.1. The summed E-state index contributed by atoms with van der Waals surface area (Å²) in [5, 5.41) is 2.81. The van der Waals surface area contributed by atoms with E-state index in [4.69, 9.17) is 0 Å². The van der Waals surface area contributed by atoms with Crippen LogP contribution in [0.3, 0.4) is 0 Å². The predicted octanol–water partition coefficient (Wildman–Crippen LogP) is 2.09. The summed E-state index contributed by atoms with van der Waals surface area (Å²) < 4.78 is 27.3. The Kier molecular flexibility index (Phi) is 5.36. The quantitative estimate of drug-likeness (QED) is 0.867. The minimum atomic E-state index is -3.71. The van der Waals surface area contributed by atoms with Gasteiger partial charge in [-0.05, 0) is 56.7 Å². The number of nitrogens with one attached hydrogen (secondary N) is 2. The molecular weight excluding hydrogens is 326 g/mol. The van der Waals surface area contributed by atoms with Crippen LogP contribution in [-0.2, 0) is 16.6 Å². The van der Waals surface area contributed by atoms with Crippen molar-refractivity contribution in [1.82, 2.24) is 15.0 Å². The summed E-state index contributed by atoms with van der Waals surface area (Å²) in [5.74, 6) is -0.311. The first-order valence-electron chi connectivity index (χ1n) is 7.48. The van der Waals surface area contributed by atoms with Crippen LogP contribution in [0.15, 0.2) is 53.7 Å². The van der Waals surface area contributed by atoms with E-state index in [-0.39, 0.29) is 17.3 Å². The molecule has 1 amide bonds. The summed E-state index contributed by atoms with van der Waals surface area (Å²) in [6.45, 7) is 5.74. The first-order chi connectivity index (χ1) is 11.2. The van der Waals surface area contributed by atoms with Gasteiger partial charge in [-0.15, -0.1) is 0 Å². The molecule has 24 heavy (non-hydrogen) atoms. The average Bonchev–Trinajstić information content (AvgIpc) is 2.53. The molecule has 6 nitrogen and oxygen atoms in total. The average molecular weight is 347 g/mol. The van der Waals surface area contributed by atoms with E-state index in [1.165, 1.54) is 12.1 Å². The van der Waals surface area contributed by atoms with Gasteiger partial charge in [-0.2, -0.15) is 0 Å². The second kappa shape index (κ2) is 7.11. The smallest absolute Gasteiger partial charge is 0.251 e. The maximum atomic E-state index is 12.4. The lowest BCUT2D eigenvalue weighted by atomic mass is 10.1. The Morgan fingerprint density at radius 3 is 2.42 bits per heavy atom. The Morgan fingerprint density at radius 2 is 1.79 bits per heavy atom. The van der Waals surface area contributed by atoms with Gasteiger partial charge in [0, 0.05) is 30.0 Å². The molecule has 0 saturated heterocycles. The topological polar surface area (TPSA) is 88.2 Å². The fourth-order valence-electron chi connectivity index (χ4n) is 1.98. The first-order valence-corrected chi connectivity index (χ1v) is 8.97. The highest BCUT2D eigenvalue weighted by atomic mass is 32.2. The van der Waals surface area contributed by atoms with E-state index < -0.39 is 15.6 Å². The number of benzene rings is 1. The van der Waals surface area contributed by atoms with Gasteiger partial charge < -0.3 is 5.32 Å². The van der Waals surface area contributed by atoms with Crippen LogP contribution in [0.1, 0.15) is 36.7 Å². The van der Waals surface area contributed by atoms with Crippen LogP contribution in [0.25, 0.3) is 0 Å². The van der Waals surface area contributed by atoms with Crippen molar-refractivity contribution in [2.75, 3.05) is 0 Å². The Morgan fingerprint density at radius 1 is 1.12 bits per heavy atom. The Balaban J connectivity index is 2.16. The summed E-state index contributed by atoms with van der Waals surface area (Å²) in [4.78, 5) is 16.1. The second-order valence-electron chi connectivity index (χ2n) is 6.41. The van der Waals surface area contributed by atoms with Crippen molar-refractivity contribution in [2.45, 2.75) is 37.8 Å². The SMILES string of the molecule is CC(C)(C)NC(=O)c1cccc(S(=O)(=O)NCc2ccncc2)c1. The molecule has 2 rings (SSSR count). The molecule has 7 heteroatoms. The number of pyridine rings is 1. The molecule has 0 aliphatic heterocycles. The molecular formula is C17H21N3O3S. The lowest BCUT2D eigenvalue weighted by molar-refractivity contribution is 0.0919. The van der Waals surface area contributed by atoms with Crippen molar-refractivity contribution in [3.8, 4) is 0 Å². The summed E-state index contributed by atoms with van der Waals surface area (Å²) in [6.07, 6.45) is 3.20. The van der Waals surface area contributed by atoms with Crippen molar-refractivity contribution in [2.24, 2.45) is 0 Å². The van der Waals surface area contributed by atoms with E-state index in [0.29, 0.717) is 5.56 Å². The monoisotopic (exact) mass is 347 g/mol. The number of hydrogen-bond acceptors (Lipinski definition) is 4. The van der Waals surface area contributed by atoms with E-state index >= 15 is 0 Å². The van der Waals surface area contributed by atoms with Gasteiger partial charge in [0.2, 0.25) is 10.0 Å². The highest BCUT2D eigenvalue weighted by Crippen LogP contribution is 2.13. The third-order valence-electron chi connectivity index (χ3n) is 3.11. The molecule has 2 N–H and O–H groups in total. The molecule has 0 aliphatic rings. The zero-order chi connectivity index (χ0) is 17.8. The zero-order valence-corrected chi connectivity index (χ0v) is 14.7. The largest absolute Gasteiger partial charge is 0.347 e. The van der Waals surface area contributed by atoms with Crippen molar-refractivity contribution >= 4 is 15.9 Å². The third kappa shape index (κ3) is 5.14. The number of carbonyl (C=O) groups excluding carboxylic acids is 1. The number of carbonyl (C=O) groups is 1. The van der Waals surface area contributed by atoms with Gasteiger partial charge in [-0.1, -0.05) is 6.07 Å². The standard InChI is InChI=1S/C17H21N3O3S/c1-17(2,3)20-16(21)14-5-4-6-15(11-14)24(22,23)19-12-13-7-9-18-10-8-13/h4-11,19H,12H2,1-3H3,(H,20,21). The minimum Gasteiger partial charge on any atom is -0.347 e. The van der Waals surface area contributed by atoms with Crippen LogP contribution in [0, 0.1) is 0 Å². The van der Waals surface area contributed by atoms with E-state index in [1.807, 2.05) is 20.8 Å². The molecule has 0 unspecified atom stereocenters. The second-order valence-corrected chi connectivity index (χ2v) is 8.18. The van der Waals surface area contributed by atoms with Crippen molar-refractivity contribution in [3.63, 3.8) is 0 Å². The van der Waals surface area contributed by atoms with Gasteiger partial charge in [0.1, 0.15) is 0 Å². The van der Waals surface area contributed by atoms with Gasteiger partial charge in [0.15, 0.2) is 0 Å². The Labute approximate surface area is 142 Å². The lowest BCUT2D eigenvalue weighted by Gasteiger charge is -2.20. The van der Waals surface area contributed by atoms with Gasteiger partial charge in [0.25, 0.3) is 5.91 Å². The number of nitrogens with zero attached hydrogens (tertiary/aromatic N) is 1. The number of sulfonamides is 1. The van der Waals surface area contributed by atoms with Crippen LogP contribution < -0.4 is 10.0 Å². The van der Waals surface area contributed by atoms with Crippen molar-refractivity contribution in [1.29, 1.82) is 0 Å². The molecule has 0 radical (unpaired) electrons. The van der Waals surface area contributed by atoms with Crippen molar-refractivity contribution < 1.29 is 13.2 Å². The molecule has 1 aromatic heterocycles. The number of amides is 1. The Hall–Kier alpha value is -2.25. The molecule has 1 aromatic carbocycles. The van der Waals surface area contributed by atoms with Crippen LogP contribution in [0.2, 0.25) is 0 Å². The van der Waals surface area contributed by atoms with Gasteiger partial charge in [-0.3, -0.25) is 9.78 Å². The molecule has 0 fully saturated rings. The van der Waals surface area contributed by atoms with Crippen molar-refractivity contribution in [3.05, 3.63) is 59.9 Å². The maximum Gasteiger partial charge on any atom is 0.251 e. The highest BCUT2D eigenvalue weighted by Gasteiger charge is 2.19. The van der Waals surface area contributed by atoms with Crippen LogP contribution in [0.4, 0.5) is 0 Å². The number of rotatable bonds is 5. The summed E-state index contributed by atoms with van der Waals surface area (Å²) in [5.41, 5.74) is 0.706. The molecule has 128 valence electrons. The maximum absolute atomic E-state index is 12.4. The molecule has 0 spiro atoms. The molecule has 0 aliphatic carbocycles. The fourth-order valence-corrected chi connectivity index (χ4v) is 3.04. The lowest BCUT2D eigenvalue weighted by Crippen LogP contribution is -2.40. The Bertz CT molecular complexity index is 812. The fraction of sp³-hybridized carbons (Fsp3) is 0.294. The van der Waals surface area contributed by atoms with Gasteiger partial charge >= 0.3 is 0 Å². The van der Waals surface area contributed by atoms with E-state index in [9.17, 15) is 13.2 Å². The molecule has 0 bridgehead atoms. The van der Waals surface area contributed by atoms with Gasteiger partial charge in [-0.25, -0.2) is 13.1 Å². The summed E-state index contributed by atoms with van der Waals surface area (Å²) >= 11 is 0. The van der Waals surface area contributed by atoms with Gasteiger partial charge in [0.05, 0.1) is 4.90 Å². The van der Waals surface area contributed by atoms with E-state index in [1.54, 1.807) is 36.7 Å². The summed E-state index contributed by atoms with van der Waals surface area (Å²) in [7, 11) is -3.71. The number of aromatic nitrogens is 1. The van der Waals surface area contributed by atoms with Crippen LogP contribution in [0.5, 0.6) is 0 Å². The minimum absolute atomic E-state index is 0.0538. The molecule has 1 heterocycles. The highest BCUT2D eigenvalue weighted by molar-refractivity contribution is 7.89. The predicted molar refractivity (Wildman–Crippen MR) is 91.9 cm³/mol. The number of hydrogen-bond donors (Lipinski definition) is 2. The summed E-state index contributed by atoms with van der Waals surface area (Å²) in [6, 6.07) is 9.44. The zero-order valence-electron chi connectivity index (χ0n) is 13.9. The van der Waals surface area contributed by atoms with E-state index in [2.05, 4.69) is 15.0 Å².